The van der Waals surface area contributed by atoms with Gasteiger partial charge in [-0.15, -0.1) is 0 Å². The molecule has 11 heteroatoms. The molecule has 33 heavy (non-hydrogen) atoms. The molecule has 1 aliphatic heterocycles. The van der Waals surface area contributed by atoms with Crippen LogP contribution < -0.4 is 14.8 Å². The lowest BCUT2D eigenvalue weighted by Crippen LogP contribution is -2.29. The van der Waals surface area contributed by atoms with Crippen molar-refractivity contribution in [2.24, 2.45) is 14.1 Å². The number of hydrogen-bond acceptors (Lipinski definition) is 9. The first-order chi connectivity index (χ1) is 16.0. The van der Waals surface area contributed by atoms with Gasteiger partial charge in [-0.05, 0) is 12.8 Å². The van der Waals surface area contributed by atoms with Crippen LogP contribution in [0, 0.1) is 0 Å². The highest BCUT2D eigenvalue weighted by Crippen LogP contribution is 2.49. The predicted octanol–water partition coefficient (Wildman–Crippen LogP) is 2.61. The third-order valence-corrected chi connectivity index (χ3v) is 6.24. The van der Waals surface area contributed by atoms with Gasteiger partial charge in [0.15, 0.2) is 11.5 Å². The zero-order chi connectivity index (χ0) is 22.6. The maximum Gasteiger partial charge on any atom is 0.216 e. The van der Waals surface area contributed by atoms with E-state index in [1.54, 1.807) is 34.9 Å². The van der Waals surface area contributed by atoms with E-state index in [2.05, 4.69) is 25.5 Å². The molecule has 4 aromatic heterocycles. The molecule has 2 fully saturated rings. The summed E-state index contributed by atoms with van der Waals surface area (Å²) in [5.41, 5.74) is 1.24. The van der Waals surface area contributed by atoms with Gasteiger partial charge in [-0.1, -0.05) is 0 Å². The molecule has 2 aliphatic rings. The first-order valence-electron chi connectivity index (χ1n) is 10.9. The Morgan fingerprint density at radius 3 is 2.88 bits per heavy atom. The van der Waals surface area contributed by atoms with Crippen molar-refractivity contribution in [3.05, 3.63) is 30.6 Å². The fraction of sp³-hybridized carbons (Fsp3) is 0.409. The van der Waals surface area contributed by atoms with Gasteiger partial charge >= 0.3 is 0 Å². The van der Waals surface area contributed by atoms with Crippen molar-refractivity contribution in [3.63, 3.8) is 0 Å². The smallest absolute Gasteiger partial charge is 0.216 e. The van der Waals surface area contributed by atoms with E-state index in [0.717, 1.165) is 48.5 Å². The number of methoxy groups -OCH3 is 1. The molecule has 1 saturated carbocycles. The Bertz CT molecular complexity index is 1340. The zero-order valence-corrected chi connectivity index (χ0v) is 18.6. The van der Waals surface area contributed by atoms with Crippen LogP contribution >= 0.6 is 0 Å². The van der Waals surface area contributed by atoms with Crippen LogP contribution in [-0.4, -0.2) is 59.9 Å². The average molecular weight is 448 g/mol. The molecule has 6 rings (SSSR count). The average Bonchev–Trinajstić information content (AvgIpc) is 3.16. The van der Waals surface area contributed by atoms with E-state index in [1.807, 2.05) is 26.2 Å². The van der Waals surface area contributed by atoms with Gasteiger partial charge in [0, 0.05) is 44.9 Å². The summed E-state index contributed by atoms with van der Waals surface area (Å²) in [6, 6.07) is 5.48. The largest absolute Gasteiger partial charge is 0.486 e. The van der Waals surface area contributed by atoms with Crippen LogP contribution in [0.15, 0.2) is 30.6 Å². The van der Waals surface area contributed by atoms with Crippen molar-refractivity contribution < 1.29 is 14.2 Å². The lowest BCUT2D eigenvalue weighted by molar-refractivity contribution is 0.0332. The number of rotatable bonds is 6. The number of fused-ring (bicyclic) bond motifs is 1. The standard InChI is InChI=1S/C22H24N8O3/c1-29-18(10-14(28-29)20-23-8-4-19(27-20)31-3)25-17-11-15(13-12-24-30(2)21(13)26-17)33-16-5-9-32-22(16)6-7-22/h4,8,10-12,16H,5-7,9H2,1-3H3,(H,25,26)/t16-/m0/s1. The van der Waals surface area contributed by atoms with Crippen LogP contribution in [-0.2, 0) is 18.8 Å². The Labute approximate surface area is 189 Å². The normalized spacial score (nSPS) is 18.7. The molecule has 0 bridgehead atoms. The van der Waals surface area contributed by atoms with Gasteiger partial charge in [-0.3, -0.25) is 9.36 Å². The summed E-state index contributed by atoms with van der Waals surface area (Å²) >= 11 is 0. The van der Waals surface area contributed by atoms with Gasteiger partial charge in [-0.25, -0.2) is 9.97 Å². The molecule has 0 unspecified atom stereocenters. The Kier molecular flexibility index (Phi) is 4.47. The van der Waals surface area contributed by atoms with E-state index in [4.69, 9.17) is 19.2 Å². The summed E-state index contributed by atoms with van der Waals surface area (Å²) in [5, 5.41) is 13.1. The van der Waals surface area contributed by atoms with Crippen molar-refractivity contribution in [1.82, 2.24) is 34.5 Å². The molecule has 0 radical (unpaired) electrons. The van der Waals surface area contributed by atoms with Crippen molar-refractivity contribution >= 4 is 22.7 Å². The minimum absolute atomic E-state index is 0.0460. The summed E-state index contributed by atoms with van der Waals surface area (Å²) in [6.45, 7) is 0.737. The van der Waals surface area contributed by atoms with Crippen molar-refractivity contribution in [2.45, 2.75) is 31.0 Å². The number of aromatic nitrogens is 7. The van der Waals surface area contributed by atoms with Gasteiger partial charge in [0.05, 0.1) is 25.3 Å². The van der Waals surface area contributed by atoms with Crippen molar-refractivity contribution in [2.75, 3.05) is 19.0 Å². The second-order valence-corrected chi connectivity index (χ2v) is 8.41. The molecule has 5 heterocycles. The topological polar surface area (TPSA) is 114 Å². The number of aryl methyl sites for hydroxylation is 2. The third-order valence-electron chi connectivity index (χ3n) is 6.24. The molecule has 1 aliphatic carbocycles. The Balaban J connectivity index is 1.33. The molecule has 1 atom stereocenters. The number of anilines is 2. The fourth-order valence-corrected chi connectivity index (χ4v) is 4.29. The van der Waals surface area contributed by atoms with Crippen molar-refractivity contribution in [1.29, 1.82) is 0 Å². The molecule has 1 N–H and O–H groups in total. The van der Waals surface area contributed by atoms with Crippen LogP contribution in [0.1, 0.15) is 19.3 Å². The van der Waals surface area contributed by atoms with Crippen LogP contribution in [0.5, 0.6) is 11.6 Å². The van der Waals surface area contributed by atoms with Gasteiger partial charge < -0.3 is 19.5 Å². The maximum atomic E-state index is 6.47. The Hall–Kier alpha value is -3.73. The molecule has 170 valence electrons. The van der Waals surface area contributed by atoms with Crippen LogP contribution in [0.3, 0.4) is 0 Å². The molecular formula is C22H24N8O3. The minimum Gasteiger partial charge on any atom is -0.486 e. The highest BCUT2D eigenvalue weighted by atomic mass is 16.6. The van der Waals surface area contributed by atoms with E-state index in [1.165, 1.54) is 0 Å². The van der Waals surface area contributed by atoms with E-state index >= 15 is 0 Å². The Morgan fingerprint density at radius 1 is 1.18 bits per heavy atom. The van der Waals surface area contributed by atoms with E-state index in [9.17, 15) is 0 Å². The van der Waals surface area contributed by atoms with E-state index < -0.39 is 0 Å². The minimum atomic E-state index is -0.112. The molecule has 1 saturated heterocycles. The summed E-state index contributed by atoms with van der Waals surface area (Å²) in [6.07, 6.45) is 6.47. The van der Waals surface area contributed by atoms with Crippen molar-refractivity contribution in [3.8, 4) is 23.1 Å². The summed E-state index contributed by atoms with van der Waals surface area (Å²) in [4.78, 5) is 13.4. The predicted molar refractivity (Wildman–Crippen MR) is 120 cm³/mol. The molecule has 0 amide bonds. The van der Waals surface area contributed by atoms with Gasteiger partial charge in [0.25, 0.3) is 0 Å². The first kappa shape index (κ1) is 19.9. The second-order valence-electron chi connectivity index (χ2n) is 8.41. The lowest BCUT2D eigenvalue weighted by atomic mass is 10.1. The molecule has 1 spiro atoms. The lowest BCUT2D eigenvalue weighted by Gasteiger charge is -2.20. The van der Waals surface area contributed by atoms with E-state index in [0.29, 0.717) is 23.2 Å². The third kappa shape index (κ3) is 3.44. The van der Waals surface area contributed by atoms with E-state index in [-0.39, 0.29) is 11.7 Å². The monoisotopic (exact) mass is 448 g/mol. The fourth-order valence-electron chi connectivity index (χ4n) is 4.29. The molecule has 4 aromatic rings. The highest BCUT2D eigenvalue weighted by molar-refractivity contribution is 5.84. The maximum absolute atomic E-state index is 6.47. The molecular weight excluding hydrogens is 424 g/mol. The van der Waals surface area contributed by atoms with Gasteiger partial charge in [0.1, 0.15) is 34.8 Å². The van der Waals surface area contributed by atoms with Crippen LogP contribution in [0.2, 0.25) is 0 Å². The summed E-state index contributed by atoms with van der Waals surface area (Å²) in [7, 11) is 5.28. The second kappa shape index (κ2) is 7.41. The first-order valence-corrected chi connectivity index (χ1v) is 10.9. The van der Waals surface area contributed by atoms with Gasteiger partial charge in [0.2, 0.25) is 5.88 Å². The molecule has 0 aromatic carbocycles. The SMILES string of the molecule is COc1ccnc(-c2cc(Nc3cc(O[C@H]4CCOC45CC5)c4cnn(C)c4n3)n(C)n2)n1. The van der Waals surface area contributed by atoms with Gasteiger partial charge in [-0.2, -0.15) is 15.2 Å². The number of pyridine rings is 1. The number of ether oxygens (including phenoxy) is 3. The number of nitrogens with one attached hydrogen (secondary N) is 1. The summed E-state index contributed by atoms with van der Waals surface area (Å²) in [5.74, 6) is 3.07. The quantitative estimate of drug-likeness (QED) is 0.475. The molecule has 11 nitrogen and oxygen atoms in total. The Morgan fingerprint density at radius 2 is 2.06 bits per heavy atom. The number of hydrogen-bond donors (Lipinski definition) is 1. The number of nitrogens with zero attached hydrogens (tertiary/aromatic N) is 7. The van der Waals surface area contributed by atoms with Crippen LogP contribution in [0.25, 0.3) is 22.6 Å². The zero-order valence-electron chi connectivity index (χ0n) is 18.6. The highest BCUT2D eigenvalue weighted by Gasteiger charge is 2.55. The summed E-state index contributed by atoms with van der Waals surface area (Å²) < 4.78 is 21.1. The van der Waals surface area contributed by atoms with Crippen LogP contribution in [0.4, 0.5) is 11.6 Å².